The van der Waals surface area contributed by atoms with Crippen molar-refractivity contribution in [1.82, 2.24) is 4.90 Å². The van der Waals surface area contributed by atoms with Gasteiger partial charge in [-0.15, -0.1) is 0 Å². The lowest BCUT2D eigenvalue weighted by atomic mass is 9.86. The number of amides is 1. The Hall–Kier alpha value is -2.46. The number of Topliss-reactive ketones (excluding diaryl/α,β-unsaturated/α-hetero) is 1. The number of hydrogen-bond acceptors (Lipinski definition) is 3. The summed E-state index contributed by atoms with van der Waals surface area (Å²) in [6, 6.07) is 0. The van der Waals surface area contributed by atoms with Crippen LogP contribution in [0.25, 0.3) is 0 Å². The van der Waals surface area contributed by atoms with Crippen molar-refractivity contribution in [2.45, 2.75) is 13.3 Å². The lowest BCUT2D eigenvalue weighted by Gasteiger charge is -2.33. The molecule has 4 heteroatoms. The van der Waals surface area contributed by atoms with Gasteiger partial charge in [0.2, 0.25) is 5.91 Å². The predicted octanol–water partition coefficient (Wildman–Crippen LogP) is 2.42. The zero-order valence-electron chi connectivity index (χ0n) is 12.5. The van der Waals surface area contributed by atoms with E-state index in [9.17, 15) is 14.7 Å². The highest BCUT2D eigenvalue weighted by Crippen LogP contribution is 2.32. The maximum absolute atomic E-state index is 12.7. The molecule has 0 aromatic heterocycles. The van der Waals surface area contributed by atoms with Gasteiger partial charge < -0.3 is 5.11 Å². The summed E-state index contributed by atoms with van der Waals surface area (Å²) >= 11 is 0. The minimum Gasteiger partial charge on any atom is -0.396 e. The van der Waals surface area contributed by atoms with E-state index in [0.29, 0.717) is 16.8 Å². The van der Waals surface area contributed by atoms with Crippen LogP contribution in [0.15, 0.2) is 72.2 Å². The first-order valence-electron chi connectivity index (χ1n) is 7.16. The topological polar surface area (TPSA) is 57.6 Å². The quantitative estimate of drug-likeness (QED) is 0.626. The van der Waals surface area contributed by atoms with Crippen molar-refractivity contribution in [2.24, 2.45) is 5.92 Å². The molecule has 1 atom stereocenters. The van der Waals surface area contributed by atoms with Crippen molar-refractivity contribution >= 4 is 11.7 Å². The zero-order valence-corrected chi connectivity index (χ0v) is 12.5. The van der Waals surface area contributed by atoms with Crippen molar-refractivity contribution < 1.29 is 14.7 Å². The second-order valence-corrected chi connectivity index (χ2v) is 5.04. The first-order chi connectivity index (χ1) is 10.6. The fourth-order valence-corrected chi connectivity index (χ4v) is 2.48. The van der Waals surface area contributed by atoms with Crippen LogP contribution < -0.4 is 0 Å². The highest BCUT2D eigenvalue weighted by atomic mass is 16.3. The highest BCUT2D eigenvalue weighted by molar-refractivity contribution is 6.12. The minimum absolute atomic E-state index is 0.168. The van der Waals surface area contributed by atoms with E-state index < -0.39 is 5.92 Å². The molecule has 2 aliphatic heterocycles. The zero-order chi connectivity index (χ0) is 16.1. The molecule has 22 heavy (non-hydrogen) atoms. The maximum Gasteiger partial charge on any atom is 0.236 e. The molecule has 2 aliphatic rings. The Kier molecular flexibility index (Phi) is 5.07. The Morgan fingerprint density at radius 2 is 2.27 bits per heavy atom. The van der Waals surface area contributed by atoms with Gasteiger partial charge in [0.1, 0.15) is 0 Å². The summed E-state index contributed by atoms with van der Waals surface area (Å²) in [6.45, 7) is 5.26. The van der Waals surface area contributed by atoms with Crippen LogP contribution in [0.4, 0.5) is 0 Å². The smallest absolute Gasteiger partial charge is 0.236 e. The third kappa shape index (κ3) is 2.92. The van der Waals surface area contributed by atoms with E-state index in [-0.39, 0.29) is 24.7 Å². The van der Waals surface area contributed by atoms with Crippen molar-refractivity contribution in [3.63, 3.8) is 0 Å². The maximum atomic E-state index is 12.7. The summed E-state index contributed by atoms with van der Waals surface area (Å²) in [5, 5.41) is 9.42. The molecule has 2 heterocycles. The number of allylic oxidation sites excluding steroid dienone is 9. The average molecular weight is 297 g/mol. The molecular weight excluding hydrogens is 278 g/mol. The van der Waals surface area contributed by atoms with Crippen LogP contribution in [0.5, 0.6) is 0 Å². The van der Waals surface area contributed by atoms with Gasteiger partial charge in [-0.05, 0) is 25.5 Å². The van der Waals surface area contributed by atoms with Crippen LogP contribution in [0.1, 0.15) is 13.3 Å². The van der Waals surface area contributed by atoms with E-state index in [4.69, 9.17) is 0 Å². The van der Waals surface area contributed by atoms with E-state index in [2.05, 4.69) is 6.58 Å². The van der Waals surface area contributed by atoms with Crippen molar-refractivity contribution in [3.05, 3.63) is 72.2 Å². The van der Waals surface area contributed by atoms with Crippen molar-refractivity contribution in [3.8, 4) is 0 Å². The summed E-state index contributed by atoms with van der Waals surface area (Å²) < 4.78 is 0. The van der Waals surface area contributed by atoms with Gasteiger partial charge in [0, 0.05) is 17.3 Å². The van der Waals surface area contributed by atoms with E-state index in [1.165, 1.54) is 11.0 Å². The van der Waals surface area contributed by atoms with E-state index in [0.717, 1.165) is 0 Å². The molecule has 0 bridgehead atoms. The van der Waals surface area contributed by atoms with Crippen LogP contribution in [0.2, 0.25) is 0 Å². The number of carbonyl (C=O) groups is 2. The number of fused-ring (bicyclic) bond motifs is 1. The van der Waals surface area contributed by atoms with Gasteiger partial charge in [0.05, 0.1) is 18.2 Å². The average Bonchev–Trinajstić information content (AvgIpc) is 2.56. The summed E-state index contributed by atoms with van der Waals surface area (Å²) in [6.07, 6.45) is 13.9. The van der Waals surface area contributed by atoms with Gasteiger partial charge in [-0.1, -0.05) is 37.0 Å². The minimum atomic E-state index is -0.591. The molecule has 0 fully saturated rings. The number of carbonyl (C=O) groups excluding carboxylic acids is 2. The number of aliphatic hydroxyl groups is 1. The summed E-state index contributed by atoms with van der Waals surface area (Å²) in [5.74, 6) is -0.946. The molecule has 0 saturated carbocycles. The molecule has 0 saturated heterocycles. The molecule has 1 amide bonds. The van der Waals surface area contributed by atoms with Crippen molar-refractivity contribution in [1.29, 1.82) is 0 Å². The lowest BCUT2D eigenvalue weighted by Crippen LogP contribution is -2.40. The molecular formula is C18H19NO3. The largest absolute Gasteiger partial charge is 0.396 e. The molecule has 114 valence electrons. The van der Waals surface area contributed by atoms with Gasteiger partial charge in [-0.2, -0.15) is 0 Å². The molecule has 4 nitrogen and oxygen atoms in total. The monoisotopic (exact) mass is 297 g/mol. The molecule has 0 aromatic carbocycles. The normalized spacial score (nSPS) is 21.5. The van der Waals surface area contributed by atoms with Gasteiger partial charge in [0.15, 0.2) is 5.78 Å². The Morgan fingerprint density at radius 3 is 2.91 bits per heavy atom. The summed E-state index contributed by atoms with van der Waals surface area (Å²) in [4.78, 5) is 26.4. The fourth-order valence-electron chi connectivity index (χ4n) is 2.48. The number of rotatable bonds is 5. The fraction of sp³-hybridized carbons (Fsp3) is 0.222. The lowest BCUT2D eigenvalue weighted by molar-refractivity contribution is -0.133. The highest BCUT2D eigenvalue weighted by Gasteiger charge is 2.35. The summed E-state index contributed by atoms with van der Waals surface area (Å²) in [5.41, 5.74) is 1.57. The first-order valence-corrected chi connectivity index (χ1v) is 7.16. The van der Waals surface area contributed by atoms with Crippen LogP contribution >= 0.6 is 0 Å². The second kappa shape index (κ2) is 7.00. The Morgan fingerprint density at radius 1 is 1.50 bits per heavy atom. The van der Waals surface area contributed by atoms with E-state index >= 15 is 0 Å². The second-order valence-electron chi connectivity index (χ2n) is 5.04. The van der Waals surface area contributed by atoms with E-state index in [1.54, 1.807) is 36.6 Å². The molecule has 0 aromatic rings. The van der Waals surface area contributed by atoms with Gasteiger partial charge in [-0.25, -0.2) is 0 Å². The van der Waals surface area contributed by atoms with Crippen molar-refractivity contribution in [2.75, 3.05) is 6.61 Å². The third-order valence-corrected chi connectivity index (χ3v) is 3.65. The van der Waals surface area contributed by atoms with Gasteiger partial charge in [-0.3, -0.25) is 14.5 Å². The standard InChI is InChI=1S/C18H19NO3/c1-3-5-8-13(4-2)17(21)15-11-14(12-20)18(22)19-10-7-6-9-16(15)19/h3-10,14,20H,2,11-12H2,1H3/b5-3-,13-8+. The van der Waals surface area contributed by atoms with Crippen LogP contribution in [-0.2, 0) is 9.59 Å². The third-order valence-electron chi connectivity index (χ3n) is 3.65. The molecule has 2 rings (SSSR count). The number of aliphatic hydroxyl groups excluding tert-OH is 1. The Bertz CT molecular complexity index is 647. The number of hydrogen-bond donors (Lipinski definition) is 1. The predicted molar refractivity (Wildman–Crippen MR) is 85.4 cm³/mol. The number of ketones is 1. The molecule has 0 aliphatic carbocycles. The SMILES string of the molecule is C=C/C(=C\C=C/C)C(=O)C1=C2C=CC=CN2C(=O)C(CO)C1. The summed E-state index contributed by atoms with van der Waals surface area (Å²) in [7, 11) is 0. The Balaban J connectivity index is 2.48. The van der Waals surface area contributed by atoms with Crippen LogP contribution in [0, 0.1) is 5.92 Å². The number of nitrogens with zero attached hydrogens (tertiary/aromatic N) is 1. The molecule has 0 spiro atoms. The van der Waals surface area contributed by atoms with Crippen LogP contribution in [-0.4, -0.2) is 28.3 Å². The van der Waals surface area contributed by atoms with Gasteiger partial charge >= 0.3 is 0 Å². The Labute approximate surface area is 130 Å². The van der Waals surface area contributed by atoms with Gasteiger partial charge in [0.25, 0.3) is 0 Å². The molecule has 1 unspecified atom stereocenters. The van der Waals surface area contributed by atoms with Crippen LogP contribution in [0.3, 0.4) is 0 Å². The first kappa shape index (κ1) is 15.9. The molecule has 1 N–H and O–H groups in total. The van der Waals surface area contributed by atoms with E-state index in [1.807, 2.05) is 13.0 Å². The molecule has 0 radical (unpaired) electrons.